The van der Waals surface area contributed by atoms with Crippen LogP contribution in [0.3, 0.4) is 0 Å². The van der Waals surface area contributed by atoms with Gasteiger partial charge in [0.05, 0.1) is 19.8 Å². The quantitative estimate of drug-likeness (QED) is 0.0418. The highest BCUT2D eigenvalue weighted by Gasteiger charge is 2.10. The van der Waals surface area contributed by atoms with E-state index in [2.05, 4.69) is 30.7 Å². The Balaban J connectivity index is 2.40. The van der Waals surface area contributed by atoms with Gasteiger partial charge in [0.25, 0.3) is 0 Å². The highest BCUT2D eigenvalue weighted by atomic mass is 32.3. The number of unbranched alkanes of at least 4 members (excludes halogenated alkanes) is 18. The lowest BCUT2D eigenvalue weighted by Crippen LogP contribution is -2.04. The van der Waals surface area contributed by atoms with Crippen LogP contribution in [0.2, 0.25) is 0 Å². The first-order chi connectivity index (χ1) is 25.8. The molecule has 0 heterocycles. The lowest BCUT2D eigenvalue weighted by atomic mass is 10.0. The minimum Gasteiger partial charge on any atom is -0.264 e. The molecule has 1 aromatic rings. The van der Waals surface area contributed by atoms with E-state index in [1.165, 1.54) is 55.2 Å². The molecule has 0 spiro atoms. The molecular weight excluding hydrogens is 817 g/mol. The minimum atomic E-state index is -4.34. The zero-order valence-corrected chi connectivity index (χ0v) is 36.8. The molecule has 0 fully saturated rings. The van der Waals surface area contributed by atoms with E-state index in [1.807, 2.05) is 35.3 Å². The molecular formula is C36H66O12S6. The first kappa shape index (κ1) is 51.9. The van der Waals surface area contributed by atoms with E-state index in [4.69, 9.17) is 13.7 Å². The second-order valence-electron chi connectivity index (χ2n) is 13.4. The highest BCUT2D eigenvalue weighted by molar-refractivity contribution is 7.99. The van der Waals surface area contributed by atoms with Crippen LogP contribution in [0.25, 0.3) is 0 Å². The molecule has 318 valence electrons. The van der Waals surface area contributed by atoms with Crippen molar-refractivity contribution in [3.63, 3.8) is 0 Å². The molecule has 0 saturated carbocycles. The molecule has 0 unspecified atom stereocenters. The van der Waals surface area contributed by atoms with Crippen LogP contribution < -0.4 is 0 Å². The Bertz CT molecular complexity index is 1320. The van der Waals surface area contributed by atoms with E-state index in [9.17, 15) is 25.3 Å². The molecule has 1 rings (SSSR count). The Morgan fingerprint density at radius 2 is 0.648 bits per heavy atom. The lowest BCUT2D eigenvalue weighted by molar-refractivity contribution is 0.260. The Kier molecular flexibility index (Phi) is 31.5. The van der Waals surface area contributed by atoms with Crippen molar-refractivity contribution < 1.29 is 51.5 Å². The van der Waals surface area contributed by atoms with Gasteiger partial charge in [-0.2, -0.15) is 60.5 Å². The standard InChI is InChI=1S/C36H66O12S6/c37-52(38,39)46-25-16-10-4-1-7-13-19-28-49-31-34-23-22-24-35(32-50-29-20-14-8-2-5-11-17-26-47-53(40,41)42)36(34)33-51-30-21-15-9-3-6-12-18-27-48-54(43,44)45/h22-24H,1-21,25-33H2,(H,37,38,39)(H,40,41,42)(H,43,44,45). The number of hydrogen-bond acceptors (Lipinski definition) is 12. The topological polar surface area (TPSA) is 191 Å². The fourth-order valence-electron chi connectivity index (χ4n) is 5.75. The fourth-order valence-corrected chi connectivity index (χ4v) is 9.94. The van der Waals surface area contributed by atoms with E-state index in [-0.39, 0.29) is 19.8 Å². The Morgan fingerprint density at radius 1 is 0.389 bits per heavy atom. The predicted octanol–water partition coefficient (Wildman–Crippen LogP) is 10.0. The summed E-state index contributed by atoms with van der Waals surface area (Å²) in [5, 5.41) is 0. The summed E-state index contributed by atoms with van der Waals surface area (Å²) in [4.78, 5) is 0. The summed E-state index contributed by atoms with van der Waals surface area (Å²) in [5.74, 6) is 6.42. The average Bonchev–Trinajstić information content (AvgIpc) is 3.08. The Hall–Kier alpha value is -0.120. The Morgan fingerprint density at radius 3 is 0.944 bits per heavy atom. The monoisotopic (exact) mass is 882 g/mol. The van der Waals surface area contributed by atoms with Gasteiger partial charge in [0, 0.05) is 17.3 Å². The van der Waals surface area contributed by atoms with Crippen LogP contribution in [0.1, 0.15) is 152 Å². The third kappa shape index (κ3) is 35.1. The molecule has 1 aromatic carbocycles. The summed E-state index contributed by atoms with van der Waals surface area (Å²) >= 11 is 6.03. The van der Waals surface area contributed by atoms with Crippen molar-refractivity contribution in [3.05, 3.63) is 34.9 Å². The molecule has 0 aliphatic carbocycles. The van der Waals surface area contributed by atoms with Gasteiger partial charge in [-0.1, -0.05) is 115 Å². The molecule has 0 atom stereocenters. The smallest absolute Gasteiger partial charge is 0.264 e. The number of hydrogen-bond donors (Lipinski definition) is 3. The van der Waals surface area contributed by atoms with E-state index in [0.29, 0.717) is 19.3 Å². The lowest BCUT2D eigenvalue weighted by Gasteiger charge is -2.15. The summed E-state index contributed by atoms with van der Waals surface area (Å²) in [6.07, 6.45) is 21.5. The van der Waals surface area contributed by atoms with Crippen molar-refractivity contribution in [1.82, 2.24) is 0 Å². The summed E-state index contributed by atoms with van der Waals surface area (Å²) in [6, 6.07) is 6.79. The maximum absolute atomic E-state index is 10.6. The van der Waals surface area contributed by atoms with Crippen LogP contribution in [-0.4, -0.2) is 76.0 Å². The predicted molar refractivity (Wildman–Crippen MR) is 224 cm³/mol. The van der Waals surface area contributed by atoms with E-state index in [1.54, 1.807) is 0 Å². The third-order valence-electron chi connectivity index (χ3n) is 8.63. The van der Waals surface area contributed by atoms with Crippen LogP contribution in [0.5, 0.6) is 0 Å². The normalized spacial score (nSPS) is 12.5. The maximum atomic E-state index is 10.6. The summed E-state index contributed by atoms with van der Waals surface area (Å²) in [5.41, 5.74) is 4.38. The van der Waals surface area contributed by atoms with Gasteiger partial charge in [0.1, 0.15) is 0 Å². The molecule has 0 radical (unpaired) electrons. The van der Waals surface area contributed by atoms with E-state index < -0.39 is 31.2 Å². The van der Waals surface area contributed by atoms with Gasteiger partial charge in [0.2, 0.25) is 0 Å². The van der Waals surface area contributed by atoms with Gasteiger partial charge in [-0.05, 0) is 72.5 Å². The summed E-state index contributed by atoms with van der Waals surface area (Å²) < 4.78 is 102. The molecule has 0 bridgehead atoms. The molecule has 0 aliphatic heterocycles. The molecule has 3 N–H and O–H groups in total. The zero-order chi connectivity index (χ0) is 39.8. The van der Waals surface area contributed by atoms with E-state index in [0.717, 1.165) is 112 Å². The SMILES string of the molecule is O=S(=O)(O)OCCCCCCCCCSCc1cccc(CSCCCCCCCCCOS(=O)(=O)O)c1CSCCCCCCCCCOS(=O)(=O)O. The van der Waals surface area contributed by atoms with Crippen molar-refractivity contribution >= 4 is 66.5 Å². The first-order valence-electron chi connectivity index (χ1n) is 19.5. The van der Waals surface area contributed by atoms with Crippen LogP contribution in [0.4, 0.5) is 0 Å². The molecule has 18 heteroatoms. The van der Waals surface area contributed by atoms with Gasteiger partial charge in [-0.25, -0.2) is 12.5 Å². The number of rotatable bonds is 39. The molecule has 0 amide bonds. The molecule has 12 nitrogen and oxygen atoms in total. The van der Waals surface area contributed by atoms with Gasteiger partial charge >= 0.3 is 31.2 Å². The second kappa shape index (κ2) is 32.8. The van der Waals surface area contributed by atoms with Gasteiger partial charge in [-0.15, -0.1) is 0 Å². The largest absolute Gasteiger partial charge is 0.397 e. The third-order valence-corrected chi connectivity index (χ3v) is 13.3. The van der Waals surface area contributed by atoms with Gasteiger partial charge in [0.15, 0.2) is 0 Å². The van der Waals surface area contributed by atoms with Crippen LogP contribution in [0.15, 0.2) is 18.2 Å². The summed E-state index contributed by atoms with van der Waals surface area (Å²) in [6.45, 7) is 0.0995. The van der Waals surface area contributed by atoms with Crippen LogP contribution in [0, 0.1) is 0 Å². The molecule has 0 aromatic heterocycles. The van der Waals surface area contributed by atoms with Crippen molar-refractivity contribution in [2.24, 2.45) is 0 Å². The van der Waals surface area contributed by atoms with E-state index >= 15 is 0 Å². The maximum Gasteiger partial charge on any atom is 0.397 e. The fraction of sp³-hybridized carbons (Fsp3) is 0.833. The zero-order valence-electron chi connectivity index (χ0n) is 31.9. The van der Waals surface area contributed by atoms with Crippen molar-refractivity contribution in [2.45, 2.75) is 152 Å². The van der Waals surface area contributed by atoms with Crippen molar-refractivity contribution in [3.8, 4) is 0 Å². The van der Waals surface area contributed by atoms with Crippen molar-refractivity contribution in [1.29, 1.82) is 0 Å². The Labute approximate surface area is 340 Å². The molecule has 0 aliphatic rings. The van der Waals surface area contributed by atoms with Gasteiger partial charge < -0.3 is 0 Å². The second-order valence-corrected chi connectivity index (χ2v) is 20.0. The minimum absolute atomic E-state index is 0.0321. The highest BCUT2D eigenvalue weighted by Crippen LogP contribution is 2.29. The first-order valence-corrected chi connectivity index (χ1v) is 27.0. The number of thioether (sulfide) groups is 3. The average molecular weight is 883 g/mol. The van der Waals surface area contributed by atoms with Crippen LogP contribution in [-0.2, 0) is 61.0 Å². The molecule has 0 saturated heterocycles. The summed E-state index contributed by atoms with van der Waals surface area (Å²) in [7, 11) is -13.0. The molecule has 54 heavy (non-hydrogen) atoms. The number of benzene rings is 1. The van der Waals surface area contributed by atoms with Gasteiger partial charge in [-0.3, -0.25) is 13.7 Å². The van der Waals surface area contributed by atoms with Crippen molar-refractivity contribution in [2.75, 3.05) is 37.1 Å². The van der Waals surface area contributed by atoms with Crippen LogP contribution >= 0.6 is 35.3 Å².